The molecule has 1 saturated heterocycles. The number of ether oxygens (including phenoxy) is 1. The summed E-state index contributed by atoms with van der Waals surface area (Å²) < 4.78 is 4.63. The third-order valence-corrected chi connectivity index (χ3v) is 3.18. The summed E-state index contributed by atoms with van der Waals surface area (Å²) in [5.74, 6) is 0.728. The van der Waals surface area contributed by atoms with Gasteiger partial charge in [0.05, 0.1) is 7.11 Å². The van der Waals surface area contributed by atoms with E-state index in [0.717, 1.165) is 37.2 Å². The molecule has 0 aliphatic carbocycles. The molecule has 1 amide bonds. The van der Waals surface area contributed by atoms with Crippen LogP contribution < -0.4 is 0 Å². The summed E-state index contributed by atoms with van der Waals surface area (Å²) in [6, 6.07) is 0. The van der Waals surface area contributed by atoms with Gasteiger partial charge < -0.3 is 9.64 Å². The van der Waals surface area contributed by atoms with E-state index in [1.54, 1.807) is 4.90 Å². The molecule has 0 bridgehead atoms. The molecule has 0 N–H and O–H groups in total. The first-order valence-electron chi connectivity index (χ1n) is 4.16. The van der Waals surface area contributed by atoms with E-state index in [0.29, 0.717) is 0 Å². The molecule has 1 aliphatic rings. The molecule has 0 aromatic heterocycles. The Labute approximate surface area is 81.2 Å². The van der Waals surface area contributed by atoms with E-state index in [1.165, 1.54) is 7.11 Å². The van der Waals surface area contributed by atoms with Crippen LogP contribution in [0.25, 0.3) is 0 Å². The van der Waals surface area contributed by atoms with E-state index >= 15 is 0 Å². The van der Waals surface area contributed by atoms with Crippen molar-refractivity contribution in [3.63, 3.8) is 0 Å². The van der Waals surface area contributed by atoms with Gasteiger partial charge in [-0.3, -0.25) is 0 Å². The third kappa shape index (κ3) is 2.37. The van der Waals surface area contributed by atoms with Crippen LogP contribution in [0.5, 0.6) is 0 Å². The standard InChI is InChI=1S/C8H14BrNO2/c1-12-8(11)10-4-2-7(6-9)3-5-10/h7H,2-6H2,1H3. The highest BCUT2D eigenvalue weighted by Crippen LogP contribution is 2.19. The summed E-state index contributed by atoms with van der Waals surface area (Å²) in [6.45, 7) is 1.67. The van der Waals surface area contributed by atoms with Gasteiger partial charge in [0.1, 0.15) is 0 Å². The lowest BCUT2D eigenvalue weighted by molar-refractivity contribution is 0.108. The number of halogens is 1. The molecular weight excluding hydrogens is 222 g/mol. The first kappa shape index (κ1) is 9.84. The van der Waals surface area contributed by atoms with Gasteiger partial charge in [0.2, 0.25) is 0 Å². The molecule has 70 valence electrons. The second kappa shape index (κ2) is 4.70. The number of likely N-dealkylation sites (tertiary alicyclic amines) is 1. The van der Waals surface area contributed by atoms with Crippen molar-refractivity contribution in [2.75, 3.05) is 25.5 Å². The second-order valence-corrected chi connectivity index (χ2v) is 3.70. The van der Waals surface area contributed by atoms with Crippen molar-refractivity contribution in [2.24, 2.45) is 5.92 Å². The predicted octanol–water partition coefficient (Wildman–Crippen LogP) is 1.86. The predicted molar refractivity (Wildman–Crippen MR) is 50.5 cm³/mol. The molecule has 1 aliphatic heterocycles. The first-order chi connectivity index (χ1) is 5.77. The Morgan fingerprint density at radius 2 is 2.17 bits per heavy atom. The second-order valence-electron chi connectivity index (χ2n) is 3.05. The van der Waals surface area contributed by atoms with Crippen LogP contribution in [-0.2, 0) is 4.74 Å². The van der Waals surface area contributed by atoms with Gasteiger partial charge in [-0.1, -0.05) is 15.9 Å². The van der Waals surface area contributed by atoms with Crippen molar-refractivity contribution in [3.05, 3.63) is 0 Å². The molecule has 0 atom stereocenters. The highest BCUT2D eigenvalue weighted by molar-refractivity contribution is 9.09. The average molecular weight is 236 g/mol. The average Bonchev–Trinajstić information content (AvgIpc) is 2.17. The van der Waals surface area contributed by atoms with Gasteiger partial charge in [-0.05, 0) is 18.8 Å². The minimum atomic E-state index is -0.192. The molecule has 3 nitrogen and oxygen atoms in total. The molecule has 1 rings (SSSR count). The van der Waals surface area contributed by atoms with E-state index in [4.69, 9.17) is 0 Å². The van der Waals surface area contributed by atoms with E-state index < -0.39 is 0 Å². The molecule has 0 aromatic rings. The van der Waals surface area contributed by atoms with Gasteiger partial charge in [-0.2, -0.15) is 0 Å². The van der Waals surface area contributed by atoms with Crippen LogP contribution in [0.15, 0.2) is 0 Å². The Morgan fingerprint density at radius 1 is 1.58 bits per heavy atom. The molecule has 1 fully saturated rings. The van der Waals surface area contributed by atoms with Crippen molar-refractivity contribution in [3.8, 4) is 0 Å². The maximum absolute atomic E-state index is 11.1. The Balaban J connectivity index is 2.30. The van der Waals surface area contributed by atoms with Crippen LogP contribution in [0.2, 0.25) is 0 Å². The van der Waals surface area contributed by atoms with E-state index in [2.05, 4.69) is 20.7 Å². The van der Waals surface area contributed by atoms with Crippen LogP contribution in [0.4, 0.5) is 4.79 Å². The fourth-order valence-electron chi connectivity index (χ4n) is 1.40. The molecule has 0 saturated carbocycles. The molecule has 4 heteroatoms. The van der Waals surface area contributed by atoms with E-state index in [1.807, 2.05) is 0 Å². The Morgan fingerprint density at radius 3 is 2.58 bits per heavy atom. The summed E-state index contributed by atoms with van der Waals surface area (Å²) >= 11 is 3.45. The van der Waals surface area contributed by atoms with Gasteiger partial charge in [0, 0.05) is 18.4 Å². The Hall–Kier alpha value is -0.250. The molecule has 0 unspecified atom stereocenters. The quantitative estimate of drug-likeness (QED) is 0.650. The van der Waals surface area contributed by atoms with Crippen LogP contribution in [-0.4, -0.2) is 36.5 Å². The number of methoxy groups -OCH3 is 1. The third-order valence-electron chi connectivity index (χ3n) is 2.27. The highest BCUT2D eigenvalue weighted by Gasteiger charge is 2.21. The zero-order chi connectivity index (χ0) is 8.97. The Bertz CT molecular complexity index is 155. The number of alkyl halides is 1. The van der Waals surface area contributed by atoms with Crippen molar-refractivity contribution in [1.29, 1.82) is 0 Å². The number of carbonyl (C=O) groups excluding carboxylic acids is 1. The first-order valence-corrected chi connectivity index (χ1v) is 5.29. The van der Waals surface area contributed by atoms with E-state index in [9.17, 15) is 4.79 Å². The SMILES string of the molecule is COC(=O)N1CCC(CBr)CC1. The highest BCUT2D eigenvalue weighted by atomic mass is 79.9. The number of carbonyl (C=O) groups is 1. The number of nitrogens with zero attached hydrogens (tertiary/aromatic N) is 1. The summed E-state index contributed by atoms with van der Waals surface area (Å²) in [7, 11) is 1.43. The van der Waals surface area contributed by atoms with Crippen LogP contribution in [0.1, 0.15) is 12.8 Å². The molecule has 0 radical (unpaired) electrons. The lowest BCUT2D eigenvalue weighted by atomic mass is 10.00. The zero-order valence-electron chi connectivity index (χ0n) is 7.25. The minimum Gasteiger partial charge on any atom is -0.453 e. The molecule has 0 spiro atoms. The van der Waals surface area contributed by atoms with Gasteiger partial charge in [0.15, 0.2) is 0 Å². The van der Waals surface area contributed by atoms with Gasteiger partial charge in [-0.25, -0.2) is 4.79 Å². The molecule has 1 heterocycles. The van der Waals surface area contributed by atoms with Gasteiger partial charge in [-0.15, -0.1) is 0 Å². The molecule has 12 heavy (non-hydrogen) atoms. The smallest absolute Gasteiger partial charge is 0.409 e. The molecular formula is C8H14BrNO2. The monoisotopic (exact) mass is 235 g/mol. The number of hydrogen-bond donors (Lipinski definition) is 0. The fourth-order valence-corrected chi connectivity index (χ4v) is 2.05. The van der Waals surface area contributed by atoms with Crippen molar-refractivity contribution >= 4 is 22.0 Å². The summed E-state index contributed by atoms with van der Waals surface area (Å²) in [5.41, 5.74) is 0. The topological polar surface area (TPSA) is 29.5 Å². The zero-order valence-corrected chi connectivity index (χ0v) is 8.84. The normalized spacial score (nSPS) is 19.3. The van der Waals surface area contributed by atoms with Crippen LogP contribution in [0.3, 0.4) is 0 Å². The fraction of sp³-hybridized carbons (Fsp3) is 0.875. The minimum absolute atomic E-state index is 0.192. The summed E-state index contributed by atoms with van der Waals surface area (Å²) in [6.07, 6.45) is 1.98. The lowest BCUT2D eigenvalue weighted by Gasteiger charge is -2.29. The number of rotatable bonds is 1. The summed E-state index contributed by atoms with van der Waals surface area (Å²) in [4.78, 5) is 12.8. The lowest BCUT2D eigenvalue weighted by Crippen LogP contribution is -2.38. The largest absolute Gasteiger partial charge is 0.453 e. The number of hydrogen-bond acceptors (Lipinski definition) is 2. The van der Waals surface area contributed by atoms with Gasteiger partial charge >= 0.3 is 6.09 Å². The van der Waals surface area contributed by atoms with Gasteiger partial charge in [0.25, 0.3) is 0 Å². The Kier molecular flexibility index (Phi) is 3.85. The van der Waals surface area contributed by atoms with Crippen LogP contribution in [0, 0.1) is 5.92 Å². The van der Waals surface area contributed by atoms with Crippen molar-refractivity contribution < 1.29 is 9.53 Å². The molecule has 0 aromatic carbocycles. The maximum atomic E-state index is 11.1. The van der Waals surface area contributed by atoms with Crippen molar-refractivity contribution in [2.45, 2.75) is 12.8 Å². The maximum Gasteiger partial charge on any atom is 0.409 e. The van der Waals surface area contributed by atoms with E-state index in [-0.39, 0.29) is 6.09 Å². The number of piperidine rings is 1. The van der Waals surface area contributed by atoms with Crippen LogP contribution >= 0.6 is 15.9 Å². The van der Waals surface area contributed by atoms with Crippen molar-refractivity contribution in [1.82, 2.24) is 4.90 Å². The number of amides is 1. The summed E-state index contributed by atoms with van der Waals surface area (Å²) in [5, 5.41) is 1.04.